The van der Waals surface area contributed by atoms with Gasteiger partial charge in [-0.25, -0.2) is 0 Å². The summed E-state index contributed by atoms with van der Waals surface area (Å²) >= 11 is 0. The number of aromatic hydroxyl groups is 2. The molecule has 0 spiro atoms. The van der Waals surface area contributed by atoms with Crippen molar-refractivity contribution in [1.82, 2.24) is 0 Å². The number of halogens is 1. The lowest BCUT2D eigenvalue weighted by molar-refractivity contribution is 0.152. The van der Waals surface area contributed by atoms with E-state index < -0.39 is 29.5 Å². The highest BCUT2D eigenvalue weighted by Crippen LogP contribution is 2.30. The molecule has 2 unspecified atom stereocenters. The minimum atomic E-state index is -1.11. The van der Waals surface area contributed by atoms with E-state index in [1.165, 1.54) is 0 Å². The van der Waals surface area contributed by atoms with Crippen LogP contribution in [0, 0.1) is 5.82 Å². The third-order valence-electron chi connectivity index (χ3n) is 1.90. The number of rotatable bonds is 2. The van der Waals surface area contributed by atoms with Gasteiger partial charge in [0.15, 0.2) is 11.5 Å². The second-order valence-corrected chi connectivity index (χ2v) is 3.18. The molecule has 0 fully saturated rings. The van der Waals surface area contributed by atoms with Crippen molar-refractivity contribution >= 4 is 0 Å². The molecule has 0 aromatic heterocycles. The van der Waals surface area contributed by atoms with Gasteiger partial charge in [0.25, 0.3) is 0 Å². The van der Waals surface area contributed by atoms with Crippen LogP contribution in [0.15, 0.2) is 12.1 Å². The van der Waals surface area contributed by atoms with Crippen molar-refractivity contribution in [3.63, 3.8) is 0 Å². The van der Waals surface area contributed by atoms with Crippen molar-refractivity contribution in [1.29, 1.82) is 0 Å². The Morgan fingerprint density at radius 2 is 1.71 bits per heavy atom. The Bertz CT molecular complexity index is 318. The second-order valence-electron chi connectivity index (χ2n) is 3.18. The van der Waals surface area contributed by atoms with Crippen molar-refractivity contribution in [2.75, 3.05) is 0 Å². The summed E-state index contributed by atoms with van der Waals surface area (Å²) in [5.74, 6) is -2.52. The molecule has 5 heteroatoms. The van der Waals surface area contributed by atoms with Gasteiger partial charge in [-0.1, -0.05) is 0 Å². The molecule has 0 amide bonds. The number of benzene rings is 1. The Morgan fingerprint density at radius 1 is 1.29 bits per heavy atom. The first-order chi connectivity index (χ1) is 6.43. The van der Waals surface area contributed by atoms with Gasteiger partial charge in [-0.15, -0.1) is 0 Å². The fourth-order valence-corrected chi connectivity index (χ4v) is 1.09. The van der Waals surface area contributed by atoms with E-state index >= 15 is 0 Å². The summed E-state index contributed by atoms with van der Waals surface area (Å²) in [6, 6.07) is 1.49. The van der Waals surface area contributed by atoms with Gasteiger partial charge in [0.1, 0.15) is 0 Å². The van der Waals surface area contributed by atoms with Gasteiger partial charge in [0.05, 0.1) is 6.10 Å². The average Bonchev–Trinajstić information content (AvgIpc) is 2.12. The summed E-state index contributed by atoms with van der Waals surface area (Å²) in [5.41, 5.74) is 5.58. The molecule has 1 aromatic rings. The van der Waals surface area contributed by atoms with Crippen LogP contribution in [0.1, 0.15) is 18.6 Å². The van der Waals surface area contributed by atoms with E-state index in [1.54, 1.807) is 6.92 Å². The van der Waals surface area contributed by atoms with Crippen molar-refractivity contribution < 1.29 is 19.7 Å². The number of hydrogen-bond donors (Lipinski definition) is 4. The highest BCUT2D eigenvalue weighted by atomic mass is 19.1. The molecule has 0 aliphatic heterocycles. The van der Waals surface area contributed by atoms with E-state index in [9.17, 15) is 9.50 Å². The Labute approximate surface area is 80.4 Å². The van der Waals surface area contributed by atoms with Gasteiger partial charge in [-0.2, -0.15) is 4.39 Å². The summed E-state index contributed by atoms with van der Waals surface area (Å²) in [6.45, 7) is 1.56. The normalized spacial score (nSPS) is 15.1. The predicted molar refractivity (Wildman–Crippen MR) is 48.3 cm³/mol. The molecule has 5 N–H and O–H groups in total. The number of phenols is 2. The summed E-state index contributed by atoms with van der Waals surface area (Å²) in [7, 11) is 0. The lowest BCUT2D eigenvalue weighted by Gasteiger charge is -2.15. The molecule has 0 saturated heterocycles. The van der Waals surface area contributed by atoms with Crippen LogP contribution in [-0.2, 0) is 0 Å². The largest absolute Gasteiger partial charge is 0.505 e. The highest BCUT2D eigenvalue weighted by Gasteiger charge is 2.17. The third-order valence-corrected chi connectivity index (χ3v) is 1.90. The third kappa shape index (κ3) is 1.94. The predicted octanol–water partition coefficient (Wildman–Crippen LogP) is 0.617. The Hall–Kier alpha value is -1.33. The Balaban J connectivity index is 3.12. The zero-order valence-electron chi connectivity index (χ0n) is 7.61. The van der Waals surface area contributed by atoms with Gasteiger partial charge < -0.3 is 21.1 Å². The van der Waals surface area contributed by atoms with Crippen molar-refractivity contribution in [2.45, 2.75) is 19.1 Å². The molecule has 1 aromatic carbocycles. The first-order valence-electron chi connectivity index (χ1n) is 4.08. The molecule has 0 saturated carbocycles. The zero-order valence-corrected chi connectivity index (χ0v) is 7.61. The van der Waals surface area contributed by atoms with Gasteiger partial charge >= 0.3 is 0 Å². The number of hydrogen-bond acceptors (Lipinski definition) is 4. The summed E-state index contributed by atoms with van der Waals surface area (Å²) < 4.78 is 12.8. The first kappa shape index (κ1) is 10.7. The van der Waals surface area contributed by atoms with Crippen molar-refractivity contribution in [3.05, 3.63) is 23.5 Å². The lowest BCUT2D eigenvalue weighted by atomic mass is 10.0. The van der Waals surface area contributed by atoms with E-state index in [1.807, 2.05) is 0 Å². The van der Waals surface area contributed by atoms with Crippen LogP contribution in [0.5, 0.6) is 11.5 Å². The van der Waals surface area contributed by atoms with Crippen LogP contribution in [0.3, 0.4) is 0 Å². The van der Waals surface area contributed by atoms with E-state index in [-0.39, 0.29) is 5.56 Å². The molecule has 78 valence electrons. The molecule has 0 bridgehead atoms. The summed E-state index contributed by atoms with van der Waals surface area (Å²) in [4.78, 5) is 0. The molecule has 1 rings (SSSR count). The molecule has 0 aliphatic carbocycles. The maximum atomic E-state index is 12.8. The van der Waals surface area contributed by atoms with Crippen LogP contribution >= 0.6 is 0 Å². The second kappa shape index (κ2) is 3.81. The monoisotopic (exact) mass is 201 g/mol. The lowest BCUT2D eigenvalue weighted by Crippen LogP contribution is -2.24. The standard InChI is InChI=1S/C9H12FNO3/c1-4(11)9(14)5-2-6(12)8(10)7(13)3-5/h2-4,9,12-14H,11H2,1H3. The quantitative estimate of drug-likeness (QED) is 0.565. The number of phenolic OH excluding ortho intramolecular Hbond substituents is 2. The van der Waals surface area contributed by atoms with Crippen molar-refractivity contribution in [3.8, 4) is 11.5 Å². The van der Waals surface area contributed by atoms with Gasteiger partial charge in [0, 0.05) is 6.04 Å². The summed E-state index contributed by atoms with van der Waals surface area (Å²) in [6.07, 6.45) is -1.05. The molecule has 0 radical (unpaired) electrons. The molecular formula is C9H12FNO3. The SMILES string of the molecule is CC(N)C(O)c1cc(O)c(F)c(O)c1. The molecule has 0 heterocycles. The van der Waals surface area contributed by atoms with Crippen LogP contribution in [0.2, 0.25) is 0 Å². The van der Waals surface area contributed by atoms with E-state index in [4.69, 9.17) is 15.9 Å². The molecule has 0 aliphatic rings. The minimum Gasteiger partial charge on any atom is -0.505 e. The fourth-order valence-electron chi connectivity index (χ4n) is 1.09. The number of aliphatic hydroxyl groups excluding tert-OH is 1. The average molecular weight is 201 g/mol. The number of nitrogens with two attached hydrogens (primary N) is 1. The van der Waals surface area contributed by atoms with E-state index in [2.05, 4.69) is 0 Å². The minimum absolute atomic E-state index is 0.177. The van der Waals surface area contributed by atoms with E-state index in [0.717, 1.165) is 12.1 Å². The van der Waals surface area contributed by atoms with Crippen LogP contribution in [0.4, 0.5) is 4.39 Å². The first-order valence-corrected chi connectivity index (χ1v) is 4.08. The summed E-state index contributed by atoms with van der Waals surface area (Å²) in [5, 5.41) is 27.5. The van der Waals surface area contributed by atoms with Crippen LogP contribution in [-0.4, -0.2) is 21.4 Å². The Kier molecular flexibility index (Phi) is 2.93. The van der Waals surface area contributed by atoms with Gasteiger partial charge in [-0.3, -0.25) is 0 Å². The smallest absolute Gasteiger partial charge is 0.206 e. The van der Waals surface area contributed by atoms with Gasteiger partial charge in [0.2, 0.25) is 5.82 Å². The molecule has 2 atom stereocenters. The maximum absolute atomic E-state index is 12.8. The highest BCUT2D eigenvalue weighted by molar-refractivity contribution is 5.39. The topological polar surface area (TPSA) is 86.7 Å². The zero-order chi connectivity index (χ0) is 10.9. The van der Waals surface area contributed by atoms with Crippen molar-refractivity contribution in [2.24, 2.45) is 5.73 Å². The number of aliphatic hydroxyl groups is 1. The Morgan fingerprint density at radius 3 is 2.07 bits per heavy atom. The van der Waals surface area contributed by atoms with Gasteiger partial charge in [-0.05, 0) is 24.6 Å². The molecule has 14 heavy (non-hydrogen) atoms. The molecular weight excluding hydrogens is 189 g/mol. The van der Waals surface area contributed by atoms with Crippen LogP contribution in [0.25, 0.3) is 0 Å². The van der Waals surface area contributed by atoms with E-state index in [0.29, 0.717) is 0 Å². The van der Waals surface area contributed by atoms with Crippen LogP contribution < -0.4 is 5.73 Å². The maximum Gasteiger partial charge on any atom is 0.206 e. The molecule has 4 nitrogen and oxygen atoms in total. The fraction of sp³-hybridized carbons (Fsp3) is 0.333.